The number of furan rings is 1. The van der Waals surface area contributed by atoms with E-state index in [1.807, 2.05) is 12.1 Å². The third kappa shape index (κ3) is 4.58. The van der Waals surface area contributed by atoms with E-state index in [9.17, 15) is 0 Å². The molecular weight excluding hydrogens is 494 g/mol. The molecule has 39 heavy (non-hydrogen) atoms. The molecule has 0 atom stereocenters. The molecule has 1 heterocycles. The van der Waals surface area contributed by atoms with Crippen LogP contribution in [0.5, 0.6) is 0 Å². The highest BCUT2D eigenvalue weighted by Gasteiger charge is 2.17. The molecule has 3 heteroatoms. The molecule has 0 bridgehead atoms. The minimum absolute atomic E-state index is 0.873. The van der Waals surface area contributed by atoms with Gasteiger partial charge in [-0.1, -0.05) is 127 Å². The summed E-state index contributed by atoms with van der Waals surface area (Å²) >= 11 is 1.76. The van der Waals surface area contributed by atoms with Gasteiger partial charge < -0.3 is 9.73 Å². The van der Waals surface area contributed by atoms with Crippen molar-refractivity contribution in [3.63, 3.8) is 0 Å². The van der Waals surface area contributed by atoms with E-state index in [1.165, 1.54) is 16.0 Å². The maximum absolute atomic E-state index is 6.39. The van der Waals surface area contributed by atoms with Crippen molar-refractivity contribution in [3.8, 4) is 22.3 Å². The second-order valence-corrected chi connectivity index (χ2v) is 10.6. The molecule has 0 aliphatic heterocycles. The molecule has 0 saturated heterocycles. The number of anilines is 2. The summed E-state index contributed by atoms with van der Waals surface area (Å²) in [6.45, 7) is 0. The summed E-state index contributed by atoms with van der Waals surface area (Å²) in [7, 11) is 0. The molecule has 6 aromatic carbocycles. The number of fused-ring (bicyclic) bond motifs is 3. The molecule has 2 nitrogen and oxygen atoms in total. The lowest BCUT2D eigenvalue weighted by atomic mass is 9.95. The van der Waals surface area contributed by atoms with E-state index >= 15 is 0 Å². The number of para-hydroxylation sites is 2. The second-order valence-electron chi connectivity index (χ2n) is 9.45. The van der Waals surface area contributed by atoms with Crippen LogP contribution < -0.4 is 5.32 Å². The van der Waals surface area contributed by atoms with Crippen molar-refractivity contribution in [1.82, 2.24) is 0 Å². The van der Waals surface area contributed by atoms with Gasteiger partial charge in [0.05, 0.1) is 5.69 Å². The zero-order valence-electron chi connectivity index (χ0n) is 21.2. The van der Waals surface area contributed by atoms with Crippen LogP contribution in [-0.4, -0.2) is 0 Å². The Hall–Kier alpha value is -4.73. The smallest absolute Gasteiger partial charge is 0.138 e. The molecule has 1 N–H and O–H groups in total. The van der Waals surface area contributed by atoms with Crippen LogP contribution in [0.1, 0.15) is 0 Å². The van der Waals surface area contributed by atoms with Crippen molar-refractivity contribution in [1.29, 1.82) is 0 Å². The second kappa shape index (κ2) is 10.2. The molecule has 186 valence electrons. The summed E-state index contributed by atoms with van der Waals surface area (Å²) in [5.41, 5.74) is 8.47. The van der Waals surface area contributed by atoms with E-state index in [2.05, 4.69) is 139 Å². The van der Waals surface area contributed by atoms with Gasteiger partial charge in [0.1, 0.15) is 11.2 Å². The summed E-state index contributed by atoms with van der Waals surface area (Å²) in [4.78, 5) is 2.35. The Bertz CT molecular complexity index is 1840. The third-order valence-electron chi connectivity index (χ3n) is 6.92. The Balaban J connectivity index is 1.42. The van der Waals surface area contributed by atoms with Crippen LogP contribution in [0, 0.1) is 0 Å². The Morgan fingerprint density at radius 3 is 1.77 bits per heavy atom. The zero-order chi connectivity index (χ0) is 26.0. The Kier molecular flexibility index (Phi) is 6.12. The van der Waals surface area contributed by atoms with Crippen LogP contribution in [0.3, 0.4) is 0 Å². The molecule has 0 aliphatic rings. The molecule has 0 radical (unpaired) electrons. The van der Waals surface area contributed by atoms with Crippen molar-refractivity contribution < 1.29 is 4.42 Å². The van der Waals surface area contributed by atoms with E-state index in [1.54, 1.807) is 11.8 Å². The van der Waals surface area contributed by atoms with E-state index in [0.717, 1.165) is 49.3 Å². The highest BCUT2D eigenvalue weighted by atomic mass is 32.2. The van der Waals surface area contributed by atoms with Crippen LogP contribution in [0.4, 0.5) is 11.4 Å². The van der Waals surface area contributed by atoms with Crippen molar-refractivity contribution >= 4 is 45.1 Å². The van der Waals surface area contributed by atoms with Crippen molar-refractivity contribution in [2.45, 2.75) is 9.79 Å². The minimum atomic E-state index is 0.873. The summed E-state index contributed by atoms with van der Waals surface area (Å²) in [5.74, 6) is 0. The number of hydrogen-bond donors (Lipinski definition) is 1. The monoisotopic (exact) mass is 519 g/mol. The molecule has 0 aliphatic carbocycles. The van der Waals surface area contributed by atoms with Gasteiger partial charge in [0.2, 0.25) is 0 Å². The molecule has 7 rings (SSSR count). The Morgan fingerprint density at radius 2 is 1.10 bits per heavy atom. The molecule has 0 spiro atoms. The summed E-state index contributed by atoms with van der Waals surface area (Å²) in [6, 6.07) is 50.8. The lowest BCUT2D eigenvalue weighted by molar-refractivity contribution is 0.668. The average molecular weight is 520 g/mol. The van der Waals surface area contributed by atoms with E-state index < -0.39 is 0 Å². The fourth-order valence-corrected chi connectivity index (χ4v) is 6.18. The minimum Gasteiger partial charge on any atom is -0.456 e. The van der Waals surface area contributed by atoms with Gasteiger partial charge in [-0.3, -0.25) is 0 Å². The lowest BCUT2D eigenvalue weighted by Gasteiger charge is -2.18. The summed E-state index contributed by atoms with van der Waals surface area (Å²) in [5, 5.41) is 6.10. The van der Waals surface area contributed by atoms with Crippen LogP contribution >= 0.6 is 11.8 Å². The molecular formula is C36H25NOS. The quantitative estimate of drug-likeness (QED) is 0.236. The van der Waals surface area contributed by atoms with Gasteiger partial charge in [0.15, 0.2) is 0 Å². The fourth-order valence-electron chi connectivity index (χ4n) is 5.13. The van der Waals surface area contributed by atoms with Crippen LogP contribution in [-0.2, 0) is 0 Å². The first-order valence-corrected chi connectivity index (χ1v) is 13.8. The first kappa shape index (κ1) is 23.4. The predicted octanol–water partition coefficient (Wildman–Crippen LogP) is 10.8. The molecule has 0 fully saturated rings. The summed E-state index contributed by atoms with van der Waals surface area (Å²) in [6.07, 6.45) is 0. The first-order valence-electron chi connectivity index (χ1n) is 13.0. The van der Waals surface area contributed by atoms with Crippen LogP contribution in [0.15, 0.2) is 160 Å². The van der Waals surface area contributed by atoms with E-state index in [4.69, 9.17) is 4.42 Å². The van der Waals surface area contributed by atoms with Gasteiger partial charge in [0, 0.05) is 43.4 Å². The lowest BCUT2D eigenvalue weighted by Crippen LogP contribution is -1.97. The molecule has 7 aromatic rings. The molecule has 0 saturated carbocycles. The number of benzene rings is 6. The molecule has 1 aromatic heterocycles. The Morgan fingerprint density at radius 1 is 0.513 bits per heavy atom. The first-order chi connectivity index (χ1) is 19.3. The van der Waals surface area contributed by atoms with Gasteiger partial charge in [0.25, 0.3) is 0 Å². The van der Waals surface area contributed by atoms with Gasteiger partial charge in [-0.05, 0) is 35.4 Å². The summed E-state index contributed by atoms with van der Waals surface area (Å²) < 4.78 is 6.39. The predicted molar refractivity (Wildman–Crippen MR) is 165 cm³/mol. The van der Waals surface area contributed by atoms with E-state index in [0.29, 0.717) is 0 Å². The number of hydrogen-bond acceptors (Lipinski definition) is 3. The van der Waals surface area contributed by atoms with E-state index in [-0.39, 0.29) is 0 Å². The third-order valence-corrected chi connectivity index (χ3v) is 7.97. The van der Waals surface area contributed by atoms with Crippen molar-refractivity contribution in [3.05, 3.63) is 146 Å². The maximum Gasteiger partial charge on any atom is 0.138 e. The van der Waals surface area contributed by atoms with Gasteiger partial charge in [-0.25, -0.2) is 0 Å². The van der Waals surface area contributed by atoms with Gasteiger partial charge >= 0.3 is 0 Å². The van der Waals surface area contributed by atoms with Crippen molar-refractivity contribution in [2.75, 3.05) is 5.32 Å². The topological polar surface area (TPSA) is 25.2 Å². The highest BCUT2D eigenvalue weighted by molar-refractivity contribution is 7.99. The maximum atomic E-state index is 6.39. The number of nitrogens with one attached hydrogen (secondary N) is 1. The van der Waals surface area contributed by atoms with Crippen molar-refractivity contribution in [2.24, 2.45) is 0 Å². The average Bonchev–Trinajstić information content (AvgIpc) is 3.37. The largest absolute Gasteiger partial charge is 0.456 e. The van der Waals surface area contributed by atoms with Crippen LogP contribution in [0.25, 0.3) is 44.2 Å². The van der Waals surface area contributed by atoms with Gasteiger partial charge in [-0.2, -0.15) is 0 Å². The molecule has 0 unspecified atom stereocenters. The standard InChI is InChI=1S/C36H25NOS/c1-4-13-25(14-5-1)29-20-12-21-30(26-15-6-2-7-16-26)36(29)37-27-23-33-35(31-19-10-11-22-32(31)38-33)34(24-27)39-28-17-8-3-9-18-28/h1-24,37H. The zero-order valence-corrected chi connectivity index (χ0v) is 22.0. The molecule has 0 amide bonds. The van der Waals surface area contributed by atoms with Crippen LogP contribution in [0.2, 0.25) is 0 Å². The SMILES string of the molecule is c1ccc(Sc2cc(Nc3c(-c4ccccc4)cccc3-c3ccccc3)cc3oc4ccccc4c23)cc1. The highest BCUT2D eigenvalue weighted by Crippen LogP contribution is 2.44. The van der Waals surface area contributed by atoms with Gasteiger partial charge in [-0.15, -0.1) is 0 Å². The number of rotatable bonds is 6. The fraction of sp³-hybridized carbons (Fsp3) is 0. The normalized spacial score (nSPS) is 11.2. The Labute approximate surface area is 231 Å².